The zero-order chi connectivity index (χ0) is 12.8. The summed E-state index contributed by atoms with van der Waals surface area (Å²) in [4.78, 5) is 11.2. The third kappa shape index (κ3) is 7.69. The van der Waals surface area contributed by atoms with Crippen molar-refractivity contribution in [1.82, 2.24) is 0 Å². The Kier molecular flexibility index (Phi) is 16.3. The summed E-state index contributed by atoms with van der Waals surface area (Å²) in [5.41, 5.74) is 8.57. The van der Waals surface area contributed by atoms with Crippen molar-refractivity contribution in [2.45, 2.75) is 13.8 Å². The van der Waals surface area contributed by atoms with Crippen LogP contribution >= 0.6 is 0 Å². The Morgan fingerprint density at radius 3 is 2.10 bits per heavy atom. The number of carbonyl (C=O) groups excluding carboxylic acids is 1. The minimum atomic E-state index is -0.566. The molecule has 0 amide bonds. The number of esters is 1. The van der Waals surface area contributed by atoms with Crippen LogP contribution in [0.4, 0.5) is 0 Å². The van der Waals surface area contributed by atoms with Crippen molar-refractivity contribution in [2.24, 2.45) is 0 Å². The molecule has 0 aromatic heterocycles. The molecule has 1 aromatic carbocycles. The fourth-order valence-corrected chi connectivity index (χ4v) is 1.34. The predicted octanol–water partition coefficient (Wildman–Crippen LogP) is 2.40. The fourth-order valence-electron chi connectivity index (χ4n) is 1.34. The van der Waals surface area contributed by atoms with E-state index in [0.717, 1.165) is 17.7 Å². The van der Waals surface area contributed by atoms with Crippen molar-refractivity contribution in [3.63, 3.8) is 0 Å². The second-order valence-electron chi connectivity index (χ2n) is 3.45. The van der Waals surface area contributed by atoms with Crippen LogP contribution < -0.4 is 9.47 Å². The number of hydrogen-bond acceptors (Lipinski definition) is 4. The van der Waals surface area contributed by atoms with Gasteiger partial charge in [0.1, 0.15) is 11.5 Å². The van der Waals surface area contributed by atoms with Crippen LogP contribution in [0.1, 0.15) is 11.1 Å². The van der Waals surface area contributed by atoms with Gasteiger partial charge in [-0.3, -0.25) is 4.79 Å². The zero-order valence-electron chi connectivity index (χ0n) is 12.2. The van der Waals surface area contributed by atoms with Gasteiger partial charge in [-0.15, -0.1) is 0 Å². The summed E-state index contributed by atoms with van der Waals surface area (Å²) in [6.45, 7) is 4.47. The number of nitrogens with one attached hydrogen (secondary N) is 1. The van der Waals surface area contributed by atoms with Gasteiger partial charge in [0.05, 0.1) is 0 Å². The van der Waals surface area contributed by atoms with E-state index >= 15 is 0 Å². The summed E-state index contributed by atoms with van der Waals surface area (Å²) in [5.74, 6) is 0.510. The Bertz CT molecular complexity index is 422. The second kappa shape index (κ2) is 12.6. The molecule has 5 nitrogen and oxygen atoms in total. The number of carbonyl (C=O) groups is 1. The van der Waals surface area contributed by atoms with E-state index in [1.165, 1.54) is 7.11 Å². The molecule has 0 aliphatic carbocycles. The molecule has 0 fully saturated rings. The van der Waals surface area contributed by atoms with Crippen LogP contribution in [-0.4, -0.2) is 19.8 Å². The molecule has 1 aromatic rings. The first-order chi connectivity index (χ1) is 8.08. The van der Waals surface area contributed by atoms with Gasteiger partial charge in [-0.2, -0.15) is 6.61 Å². The molecular formula is C12H15NO4Re2Rf2-2. The molecule has 1 N–H and O–H groups in total. The van der Waals surface area contributed by atoms with E-state index in [1.807, 2.05) is 6.92 Å². The van der Waals surface area contributed by atoms with Gasteiger partial charge >= 0.3 is 0 Å². The normalized spacial score (nSPS) is 8.00. The van der Waals surface area contributed by atoms with Gasteiger partial charge in [-0.05, 0) is 43.8 Å². The van der Waals surface area contributed by atoms with Crippen LogP contribution in [0.5, 0.6) is 11.5 Å². The Balaban J connectivity index is -0.000000361. The van der Waals surface area contributed by atoms with Crippen LogP contribution in [0.25, 0.3) is 5.73 Å². The summed E-state index contributed by atoms with van der Waals surface area (Å²) in [6, 6.07) is 3.43. The molecule has 0 aliphatic heterocycles. The number of ether oxygens (including phenoxy) is 3. The van der Waals surface area contributed by atoms with Crippen molar-refractivity contribution in [1.29, 1.82) is 0 Å². The maximum Gasteiger partial charge on any atom is 0.198 e. The van der Waals surface area contributed by atoms with Gasteiger partial charge in [0.15, 0.2) is 5.97 Å². The standard InChI is InChI=1S/C12H15NO4.2Re.2Rf/c1-8-5-11(17-12(14)6-15-3)9(2)4-10(8)16-7-13;;;;/h4-6,13H,7H2,1-3H3;;;;/q-2;;;;. The smallest absolute Gasteiger partial charge is 0.198 e. The van der Waals surface area contributed by atoms with Crippen molar-refractivity contribution < 1.29 is 59.9 Å². The van der Waals surface area contributed by atoms with Crippen LogP contribution in [0.15, 0.2) is 12.1 Å². The van der Waals surface area contributed by atoms with E-state index in [1.54, 1.807) is 19.1 Å². The molecule has 1 rings (SSSR count). The molecule has 21 heavy (non-hydrogen) atoms. The Morgan fingerprint density at radius 1 is 1.14 bits per heavy atom. The molecular weight excluding hydrogens is 1130 g/mol. The van der Waals surface area contributed by atoms with Gasteiger partial charge in [0.2, 0.25) is 0 Å². The average Bonchev–Trinajstić information content (AvgIpc) is 2.26. The molecule has 0 bridgehead atoms. The maximum absolute atomic E-state index is 11.2. The van der Waals surface area contributed by atoms with Crippen LogP contribution in [0, 0.1) is 20.5 Å². The Morgan fingerprint density at radius 2 is 1.62 bits per heavy atom. The average molecular weight is 1140 g/mol. The number of aryl methyl sites for hydroxylation is 2. The third-order valence-corrected chi connectivity index (χ3v) is 2.12. The summed E-state index contributed by atoms with van der Waals surface area (Å²) >= 11 is 0. The van der Waals surface area contributed by atoms with E-state index < -0.39 is 5.97 Å². The van der Waals surface area contributed by atoms with Crippen molar-refractivity contribution in [3.8, 4) is 11.5 Å². The number of rotatable bonds is 5. The molecule has 0 spiro atoms. The van der Waals surface area contributed by atoms with Crippen LogP contribution in [0.2, 0.25) is 0 Å². The van der Waals surface area contributed by atoms with Crippen molar-refractivity contribution in [2.75, 3.05) is 13.8 Å². The third-order valence-electron chi connectivity index (χ3n) is 2.12. The van der Waals surface area contributed by atoms with Gasteiger partial charge in [0, 0.05) is 48.0 Å². The number of methoxy groups -OCH3 is 1. The van der Waals surface area contributed by atoms with Crippen LogP contribution in [0.3, 0.4) is 0 Å². The summed E-state index contributed by atoms with van der Waals surface area (Å²) in [6.07, 6.45) is 0. The molecule has 2 radical (unpaired) electrons. The first-order valence-electron chi connectivity index (χ1n) is 5.05. The molecule has 0 saturated carbocycles. The minimum Gasteiger partial charge on any atom is -0.644 e. The Labute approximate surface area is 140 Å². The SMILES string of the molecule is CO[CH-]C(=O)Oc1cc(C)c(OC[NH-])cc1C.[Re].[Re].[Rf].[Rf]. The summed E-state index contributed by atoms with van der Waals surface area (Å²) < 4.78 is 14.8. The van der Waals surface area contributed by atoms with Gasteiger partial charge < -0.3 is 19.9 Å². The summed E-state index contributed by atoms with van der Waals surface area (Å²) in [7, 11) is 1.38. The van der Waals surface area contributed by atoms with E-state index in [2.05, 4.69) is 4.74 Å². The van der Waals surface area contributed by atoms with E-state index in [9.17, 15) is 4.79 Å². The Hall–Kier alpha value is -2.40. The van der Waals surface area contributed by atoms with E-state index in [0.29, 0.717) is 11.5 Å². The number of benzene rings is 1. The molecule has 112 valence electrons. The first kappa shape index (κ1) is 27.0. The quantitative estimate of drug-likeness (QED) is 0.259. The second-order valence-corrected chi connectivity index (χ2v) is 3.45. The molecule has 0 atom stereocenters. The van der Waals surface area contributed by atoms with Crippen molar-refractivity contribution in [3.05, 3.63) is 35.6 Å². The molecule has 0 unspecified atom stereocenters. The predicted molar refractivity (Wildman–Crippen MR) is 62.7 cm³/mol. The van der Waals surface area contributed by atoms with Gasteiger partial charge in [-0.1, -0.05) is 0 Å². The number of hydrogen-bond donors (Lipinski definition) is 0. The van der Waals surface area contributed by atoms with Gasteiger partial charge in [-0.25, -0.2) is 0 Å². The van der Waals surface area contributed by atoms with E-state index in [4.69, 9.17) is 15.2 Å². The van der Waals surface area contributed by atoms with Crippen molar-refractivity contribution >= 4 is 5.97 Å². The van der Waals surface area contributed by atoms with Crippen LogP contribution in [-0.2, 0) is 50.4 Å². The fraction of sp³-hybridized carbons (Fsp3) is 0.333. The molecule has 9 heteroatoms. The molecule has 0 heterocycles. The molecule has 0 saturated heterocycles. The zero-order valence-corrected chi connectivity index (χ0v) is 30.5. The topological polar surface area (TPSA) is 68.6 Å². The minimum absolute atomic E-state index is 0. The summed E-state index contributed by atoms with van der Waals surface area (Å²) in [5, 5.41) is 0. The maximum atomic E-state index is 11.2. The largest absolute Gasteiger partial charge is 0.644 e. The van der Waals surface area contributed by atoms with Gasteiger partial charge in [0.25, 0.3) is 0 Å². The monoisotopic (exact) mass is 1150 g/mol. The van der Waals surface area contributed by atoms with E-state index in [-0.39, 0.29) is 47.6 Å². The first-order valence-corrected chi connectivity index (χ1v) is 5.05. The molecule has 0 aliphatic rings.